The molecule has 0 aromatic carbocycles. The molecule has 0 saturated heterocycles. The lowest BCUT2D eigenvalue weighted by Crippen LogP contribution is -2.43. The van der Waals surface area contributed by atoms with Crippen LogP contribution < -0.4 is 15.4 Å². The summed E-state index contributed by atoms with van der Waals surface area (Å²) in [4.78, 5) is 26.8. The summed E-state index contributed by atoms with van der Waals surface area (Å²) >= 11 is 1.53. The van der Waals surface area contributed by atoms with Gasteiger partial charge in [0.25, 0.3) is 0 Å². The van der Waals surface area contributed by atoms with Crippen LogP contribution in [0.1, 0.15) is 13.3 Å². The highest BCUT2D eigenvalue weighted by atomic mass is 32.2. The van der Waals surface area contributed by atoms with Gasteiger partial charge in [0.05, 0.1) is 18.5 Å². The van der Waals surface area contributed by atoms with E-state index in [0.717, 1.165) is 0 Å². The van der Waals surface area contributed by atoms with E-state index >= 15 is 0 Å². The first-order chi connectivity index (χ1) is 10.1. The number of carbonyl (C=O) groups is 2. The van der Waals surface area contributed by atoms with Crippen molar-refractivity contribution in [1.29, 1.82) is 0 Å². The Labute approximate surface area is 127 Å². The van der Waals surface area contributed by atoms with Crippen molar-refractivity contribution in [3.8, 4) is 5.88 Å². The highest BCUT2D eigenvalue weighted by Gasteiger charge is 2.19. The van der Waals surface area contributed by atoms with Crippen LogP contribution in [-0.4, -0.2) is 46.7 Å². The smallest absolute Gasteiger partial charge is 0.326 e. The maximum absolute atomic E-state index is 11.7. The number of anilines is 1. The highest BCUT2D eigenvalue weighted by Crippen LogP contribution is 2.11. The predicted octanol–water partition coefficient (Wildman–Crippen LogP) is 1.81. The quantitative estimate of drug-likeness (QED) is 0.676. The Morgan fingerprint density at radius 2 is 2.24 bits per heavy atom. The van der Waals surface area contributed by atoms with Crippen LogP contribution in [0.4, 0.5) is 10.5 Å². The molecule has 0 saturated carbocycles. The molecule has 0 aliphatic carbocycles. The molecule has 0 aliphatic rings. The van der Waals surface area contributed by atoms with Gasteiger partial charge in [0.15, 0.2) is 0 Å². The molecule has 0 unspecified atom stereocenters. The number of aliphatic carboxylic acids is 1. The molecule has 0 bridgehead atoms. The van der Waals surface area contributed by atoms with E-state index in [9.17, 15) is 9.59 Å². The zero-order valence-electron chi connectivity index (χ0n) is 12.0. The molecule has 3 N–H and O–H groups in total. The Morgan fingerprint density at radius 3 is 2.76 bits per heavy atom. The number of pyridine rings is 1. The third kappa shape index (κ3) is 6.35. The molecule has 2 amide bonds. The van der Waals surface area contributed by atoms with Gasteiger partial charge in [-0.15, -0.1) is 0 Å². The third-order valence-electron chi connectivity index (χ3n) is 2.50. The Kier molecular flexibility index (Phi) is 7.38. The number of hydrogen-bond donors (Lipinski definition) is 3. The maximum Gasteiger partial charge on any atom is 0.326 e. The van der Waals surface area contributed by atoms with Crippen molar-refractivity contribution in [2.75, 3.05) is 23.9 Å². The van der Waals surface area contributed by atoms with E-state index in [2.05, 4.69) is 15.6 Å². The Morgan fingerprint density at radius 1 is 1.48 bits per heavy atom. The minimum absolute atomic E-state index is 0.367. The fourth-order valence-corrected chi connectivity index (χ4v) is 1.98. The molecule has 7 nitrogen and oxygen atoms in total. The summed E-state index contributed by atoms with van der Waals surface area (Å²) in [5.41, 5.74) is 0.463. The number of ether oxygens (including phenoxy) is 1. The predicted molar refractivity (Wildman–Crippen MR) is 82.0 cm³/mol. The van der Waals surface area contributed by atoms with Gasteiger partial charge in [0, 0.05) is 6.07 Å². The van der Waals surface area contributed by atoms with Crippen molar-refractivity contribution in [2.45, 2.75) is 19.4 Å². The van der Waals surface area contributed by atoms with Crippen molar-refractivity contribution < 1.29 is 19.4 Å². The molecule has 1 heterocycles. The average Bonchev–Trinajstić information content (AvgIpc) is 2.45. The van der Waals surface area contributed by atoms with Gasteiger partial charge in [-0.1, -0.05) is 0 Å². The highest BCUT2D eigenvalue weighted by molar-refractivity contribution is 7.98. The molecule has 116 valence electrons. The molecule has 1 aromatic rings. The van der Waals surface area contributed by atoms with E-state index in [0.29, 0.717) is 30.3 Å². The van der Waals surface area contributed by atoms with Crippen molar-refractivity contribution in [2.24, 2.45) is 0 Å². The zero-order valence-corrected chi connectivity index (χ0v) is 12.8. The molecule has 8 heteroatoms. The van der Waals surface area contributed by atoms with E-state index in [1.54, 1.807) is 12.1 Å². The second kappa shape index (κ2) is 9.06. The van der Waals surface area contributed by atoms with Crippen LogP contribution in [0.5, 0.6) is 5.88 Å². The summed E-state index contributed by atoms with van der Waals surface area (Å²) < 4.78 is 5.19. The number of amides is 2. The first-order valence-electron chi connectivity index (χ1n) is 6.45. The number of carboxylic acid groups (broad SMARTS) is 1. The molecule has 0 fully saturated rings. The SMILES string of the molecule is CCOc1ccc(NC(=O)N[C@H](CCSC)C(=O)O)cn1. The molecule has 1 atom stereocenters. The molecule has 0 aliphatic heterocycles. The Hall–Kier alpha value is -1.96. The van der Waals surface area contributed by atoms with Gasteiger partial charge in [0.1, 0.15) is 6.04 Å². The first-order valence-corrected chi connectivity index (χ1v) is 7.84. The number of carbonyl (C=O) groups excluding carboxylic acids is 1. The number of carboxylic acids is 1. The topological polar surface area (TPSA) is 101 Å². The van der Waals surface area contributed by atoms with Crippen LogP contribution in [0.15, 0.2) is 18.3 Å². The van der Waals surface area contributed by atoms with Gasteiger partial charge >= 0.3 is 12.0 Å². The molecule has 1 rings (SSSR count). The average molecular weight is 313 g/mol. The van der Waals surface area contributed by atoms with E-state index in [-0.39, 0.29) is 0 Å². The van der Waals surface area contributed by atoms with Gasteiger partial charge in [-0.05, 0) is 31.4 Å². The standard InChI is InChI=1S/C13H19N3O4S/c1-3-20-11-5-4-9(8-14-11)15-13(19)16-10(12(17)18)6-7-21-2/h4-5,8,10H,3,6-7H2,1-2H3,(H,17,18)(H2,15,16,19)/t10-/m1/s1. The Balaban J connectivity index is 2.52. The first kappa shape index (κ1) is 17.1. The zero-order chi connectivity index (χ0) is 15.7. The van der Waals surface area contributed by atoms with Crippen molar-refractivity contribution in [3.05, 3.63) is 18.3 Å². The normalized spacial score (nSPS) is 11.5. The molecule has 0 radical (unpaired) electrons. The van der Waals surface area contributed by atoms with Gasteiger partial charge in [-0.25, -0.2) is 14.6 Å². The van der Waals surface area contributed by atoms with Gasteiger partial charge in [0.2, 0.25) is 5.88 Å². The summed E-state index contributed by atoms with van der Waals surface area (Å²) in [5.74, 6) is 0.0675. The summed E-state index contributed by atoms with van der Waals surface area (Å²) in [6, 6.07) is 1.78. The minimum atomic E-state index is -1.05. The van der Waals surface area contributed by atoms with E-state index in [4.69, 9.17) is 9.84 Å². The van der Waals surface area contributed by atoms with Gasteiger partial charge in [-0.2, -0.15) is 11.8 Å². The number of rotatable bonds is 8. The summed E-state index contributed by atoms with van der Waals surface area (Å²) in [6.45, 7) is 2.36. The second-order valence-electron chi connectivity index (χ2n) is 4.09. The fourth-order valence-electron chi connectivity index (χ4n) is 1.51. The summed E-state index contributed by atoms with van der Waals surface area (Å²) in [5, 5.41) is 14.0. The van der Waals surface area contributed by atoms with Crippen molar-refractivity contribution in [3.63, 3.8) is 0 Å². The van der Waals surface area contributed by atoms with Crippen LogP contribution in [0, 0.1) is 0 Å². The van der Waals surface area contributed by atoms with Gasteiger partial charge < -0.3 is 20.5 Å². The summed E-state index contributed by atoms with van der Waals surface area (Å²) in [6.07, 6.45) is 3.69. The third-order valence-corrected chi connectivity index (χ3v) is 3.14. The van der Waals surface area contributed by atoms with Gasteiger partial charge in [-0.3, -0.25) is 0 Å². The van der Waals surface area contributed by atoms with E-state index in [1.165, 1.54) is 18.0 Å². The lowest BCUT2D eigenvalue weighted by molar-refractivity contribution is -0.139. The number of nitrogens with one attached hydrogen (secondary N) is 2. The molecular formula is C13H19N3O4S. The van der Waals surface area contributed by atoms with Crippen LogP contribution in [0.25, 0.3) is 0 Å². The molecule has 0 spiro atoms. The van der Waals surface area contributed by atoms with Crippen molar-refractivity contribution >= 4 is 29.4 Å². The second-order valence-corrected chi connectivity index (χ2v) is 5.07. The van der Waals surface area contributed by atoms with Crippen LogP contribution >= 0.6 is 11.8 Å². The van der Waals surface area contributed by atoms with Crippen LogP contribution in [0.3, 0.4) is 0 Å². The minimum Gasteiger partial charge on any atom is -0.480 e. The molecule has 21 heavy (non-hydrogen) atoms. The number of nitrogens with zero attached hydrogens (tertiary/aromatic N) is 1. The van der Waals surface area contributed by atoms with Crippen LogP contribution in [0.2, 0.25) is 0 Å². The largest absolute Gasteiger partial charge is 0.480 e. The maximum atomic E-state index is 11.7. The molecular weight excluding hydrogens is 294 g/mol. The number of urea groups is 1. The Bertz CT molecular complexity index is 467. The number of hydrogen-bond acceptors (Lipinski definition) is 5. The number of aromatic nitrogens is 1. The lowest BCUT2D eigenvalue weighted by Gasteiger charge is -2.14. The fraction of sp³-hybridized carbons (Fsp3) is 0.462. The van der Waals surface area contributed by atoms with Crippen molar-refractivity contribution in [1.82, 2.24) is 10.3 Å². The van der Waals surface area contributed by atoms with Crippen LogP contribution in [-0.2, 0) is 4.79 Å². The van der Waals surface area contributed by atoms with E-state index < -0.39 is 18.0 Å². The lowest BCUT2D eigenvalue weighted by atomic mass is 10.2. The molecule has 1 aromatic heterocycles. The summed E-state index contributed by atoms with van der Waals surface area (Å²) in [7, 11) is 0. The van der Waals surface area contributed by atoms with E-state index in [1.807, 2.05) is 13.2 Å². The monoisotopic (exact) mass is 313 g/mol. The number of thioether (sulfide) groups is 1.